The van der Waals surface area contributed by atoms with Crippen molar-refractivity contribution >= 4 is 29.1 Å². The summed E-state index contributed by atoms with van der Waals surface area (Å²) in [4.78, 5) is 42.2. The van der Waals surface area contributed by atoms with Crippen molar-refractivity contribution in [1.29, 1.82) is 0 Å². The average molecular weight is 620 g/mol. The second-order valence-corrected chi connectivity index (χ2v) is 11.9. The van der Waals surface area contributed by atoms with Crippen LogP contribution < -0.4 is 24.4 Å². The average Bonchev–Trinajstić information content (AvgIpc) is 2.98. The van der Waals surface area contributed by atoms with E-state index in [2.05, 4.69) is 10.2 Å². The zero-order chi connectivity index (χ0) is 33.1. The van der Waals surface area contributed by atoms with E-state index in [4.69, 9.17) is 14.2 Å². The number of hydrogen-bond donors (Lipinski definition) is 1. The number of nitro benzene ring substituents is 1. The molecular weight excluding hydrogens is 578 g/mol. The lowest BCUT2D eigenvalue weighted by molar-refractivity contribution is -0.385. The molecule has 0 saturated carbocycles. The van der Waals surface area contributed by atoms with Gasteiger partial charge in [-0.1, -0.05) is 6.07 Å². The van der Waals surface area contributed by atoms with Crippen molar-refractivity contribution in [1.82, 2.24) is 9.80 Å². The number of hydrogen-bond acceptors (Lipinski definition) is 9. The Balaban J connectivity index is 1.73. The normalized spacial score (nSPS) is 13.6. The highest BCUT2D eigenvalue weighted by atomic mass is 16.6. The molecule has 4 rings (SSSR count). The number of methoxy groups -OCH3 is 1. The predicted octanol–water partition coefficient (Wildman–Crippen LogP) is 5.71. The number of anilines is 2. The van der Waals surface area contributed by atoms with E-state index in [1.165, 1.54) is 24.1 Å². The Morgan fingerprint density at radius 2 is 1.73 bits per heavy atom. The molecule has 3 aromatic carbocycles. The Kier molecular flexibility index (Phi) is 9.87. The van der Waals surface area contributed by atoms with Crippen LogP contribution in [0.5, 0.6) is 17.2 Å². The Labute approximate surface area is 263 Å². The third-order valence-electron chi connectivity index (χ3n) is 7.74. The number of nitro groups is 1. The van der Waals surface area contributed by atoms with Gasteiger partial charge < -0.3 is 34.2 Å². The number of aryl methyl sites for hydroxylation is 1. The summed E-state index contributed by atoms with van der Waals surface area (Å²) in [5.74, 6) is 0.985. The Bertz CT molecular complexity index is 1600. The molecule has 0 radical (unpaired) electrons. The molecule has 240 valence electrons. The molecule has 0 bridgehead atoms. The van der Waals surface area contributed by atoms with Gasteiger partial charge in [0.1, 0.15) is 29.4 Å². The fourth-order valence-corrected chi connectivity index (χ4v) is 5.29. The van der Waals surface area contributed by atoms with Crippen LogP contribution in [0.25, 0.3) is 11.1 Å². The third kappa shape index (κ3) is 7.28. The first kappa shape index (κ1) is 33.1. The topological polar surface area (TPSA) is 127 Å². The van der Waals surface area contributed by atoms with E-state index in [0.29, 0.717) is 46.2 Å². The number of nitrogens with one attached hydrogen (secondary N) is 1. The molecule has 2 amide bonds. The van der Waals surface area contributed by atoms with Crippen molar-refractivity contribution in [2.45, 2.75) is 39.3 Å². The van der Waals surface area contributed by atoms with Gasteiger partial charge in [-0.15, -0.1) is 0 Å². The van der Waals surface area contributed by atoms with E-state index in [-0.39, 0.29) is 18.2 Å². The van der Waals surface area contributed by atoms with Crippen molar-refractivity contribution in [2.75, 3.05) is 58.6 Å². The number of nitrogens with zero attached hydrogens (tertiary/aromatic N) is 4. The van der Waals surface area contributed by atoms with Crippen LogP contribution in [0.3, 0.4) is 0 Å². The standard InChI is InChI=1S/C33H41N5O7/c1-21-10-11-22(38(41)42)18-28(21)44-20-26-24(14-15-27-30(26)37(7)31(39)33(2,3)34-27)25-13-12-23(19-29(25)43-8)45-32(40)36(6)17-9-16-35(4)5/h10-15,18-19,34H,9,16-17,20H2,1-8H3. The van der Waals surface area contributed by atoms with Crippen molar-refractivity contribution in [3.63, 3.8) is 0 Å². The molecular formula is C33H41N5O7. The number of likely N-dealkylation sites (N-methyl/N-ethyl adjacent to an activating group) is 1. The third-order valence-corrected chi connectivity index (χ3v) is 7.74. The summed E-state index contributed by atoms with van der Waals surface area (Å²) in [5.41, 5.74) is 3.23. The summed E-state index contributed by atoms with van der Waals surface area (Å²) >= 11 is 0. The van der Waals surface area contributed by atoms with Gasteiger partial charge in [-0.2, -0.15) is 0 Å². The zero-order valence-electron chi connectivity index (χ0n) is 27.1. The number of amides is 2. The maximum Gasteiger partial charge on any atom is 0.414 e. The van der Waals surface area contributed by atoms with Gasteiger partial charge in [0.2, 0.25) is 0 Å². The van der Waals surface area contributed by atoms with E-state index >= 15 is 0 Å². The molecule has 0 spiro atoms. The van der Waals surface area contributed by atoms with Gasteiger partial charge in [0, 0.05) is 43.9 Å². The van der Waals surface area contributed by atoms with Gasteiger partial charge in [0.15, 0.2) is 0 Å². The van der Waals surface area contributed by atoms with Crippen molar-refractivity contribution in [3.05, 3.63) is 69.8 Å². The lowest BCUT2D eigenvalue weighted by atomic mass is 9.91. The number of benzene rings is 3. The Morgan fingerprint density at radius 3 is 2.40 bits per heavy atom. The van der Waals surface area contributed by atoms with Gasteiger partial charge in [0.25, 0.3) is 11.6 Å². The minimum Gasteiger partial charge on any atom is -0.496 e. The number of carbonyl (C=O) groups excluding carboxylic acids is 2. The molecule has 0 saturated heterocycles. The molecule has 0 aliphatic carbocycles. The number of non-ortho nitro benzene ring substituents is 1. The second-order valence-electron chi connectivity index (χ2n) is 11.9. The van der Waals surface area contributed by atoms with Gasteiger partial charge in [-0.05, 0) is 83.2 Å². The van der Waals surface area contributed by atoms with E-state index < -0.39 is 16.6 Å². The van der Waals surface area contributed by atoms with E-state index in [1.807, 2.05) is 47.0 Å². The first-order chi connectivity index (χ1) is 21.2. The number of fused-ring (bicyclic) bond motifs is 1. The van der Waals surface area contributed by atoms with Crippen LogP contribution in [0.1, 0.15) is 31.4 Å². The summed E-state index contributed by atoms with van der Waals surface area (Å²) in [7, 11) is 8.89. The molecule has 12 heteroatoms. The van der Waals surface area contributed by atoms with Crippen LogP contribution >= 0.6 is 0 Å². The molecule has 3 aromatic rings. The fourth-order valence-electron chi connectivity index (χ4n) is 5.29. The minimum absolute atomic E-state index is 0.00211. The molecule has 1 heterocycles. The smallest absolute Gasteiger partial charge is 0.414 e. The molecule has 1 N–H and O–H groups in total. The van der Waals surface area contributed by atoms with Crippen molar-refractivity contribution < 1.29 is 28.7 Å². The Hall–Kier alpha value is -4.84. The lowest BCUT2D eigenvalue weighted by Gasteiger charge is -2.39. The van der Waals surface area contributed by atoms with E-state index in [1.54, 1.807) is 43.3 Å². The van der Waals surface area contributed by atoms with Crippen molar-refractivity contribution in [3.8, 4) is 28.4 Å². The fraction of sp³-hybridized carbons (Fsp3) is 0.394. The largest absolute Gasteiger partial charge is 0.496 e. The maximum atomic E-state index is 13.4. The van der Waals surface area contributed by atoms with Crippen LogP contribution in [-0.4, -0.2) is 80.7 Å². The summed E-state index contributed by atoms with van der Waals surface area (Å²) in [6, 6.07) is 13.4. The molecule has 1 aliphatic rings. The molecule has 0 unspecified atom stereocenters. The summed E-state index contributed by atoms with van der Waals surface area (Å²) in [5, 5.41) is 14.8. The van der Waals surface area contributed by atoms with Gasteiger partial charge in [-0.3, -0.25) is 14.9 Å². The van der Waals surface area contributed by atoms with Gasteiger partial charge in [0.05, 0.1) is 29.5 Å². The highest BCUT2D eigenvalue weighted by Gasteiger charge is 2.39. The van der Waals surface area contributed by atoms with Crippen LogP contribution in [0.15, 0.2) is 48.5 Å². The monoisotopic (exact) mass is 619 g/mol. The van der Waals surface area contributed by atoms with Gasteiger partial charge in [-0.25, -0.2) is 4.79 Å². The highest BCUT2D eigenvalue weighted by Crippen LogP contribution is 2.45. The zero-order valence-corrected chi connectivity index (χ0v) is 27.1. The summed E-state index contributed by atoms with van der Waals surface area (Å²) in [6.45, 7) is 6.83. The maximum absolute atomic E-state index is 13.4. The van der Waals surface area contributed by atoms with E-state index in [0.717, 1.165) is 24.2 Å². The molecule has 0 aromatic heterocycles. The Morgan fingerprint density at radius 1 is 1.02 bits per heavy atom. The molecule has 0 fully saturated rings. The van der Waals surface area contributed by atoms with Crippen LogP contribution in [0, 0.1) is 17.0 Å². The summed E-state index contributed by atoms with van der Waals surface area (Å²) in [6.07, 6.45) is 0.329. The molecule has 12 nitrogen and oxygen atoms in total. The number of carbonyl (C=O) groups is 2. The number of rotatable bonds is 11. The first-order valence-corrected chi connectivity index (χ1v) is 14.6. The van der Waals surface area contributed by atoms with E-state index in [9.17, 15) is 19.7 Å². The molecule has 45 heavy (non-hydrogen) atoms. The number of ether oxygens (including phenoxy) is 3. The minimum atomic E-state index is -0.832. The second kappa shape index (κ2) is 13.4. The molecule has 0 atom stereocenters. The predicted molar refractivity (Wildman–Crippen MR) is 174 cm³/mol. The summed E-state index contributed by atoms with van der Waals surface area (Å²) < 4.78 is 17.6. The van der Waals surface area contributed by atoms with Crippen LogP contribution in [0.4, 0.5) is 21.9 Å². The first-order valence-electron chi connectivity index (χ1n) is 14.6. The molecule has 1 aliphatic heterocycles. The van der Waals surface area contributed by atoms with Crippen LogP contribution in [0.2, 0.25) is 0 Å². The lowest BCUT2D eigenvalue weighted by Crippen LogP contribution is -2.52. The highest BCUT2D eigenvalue weighted by molar-refractivity contribution is 6.08. The SMILES string of the molecule is COc1cc(OC(=O)N(C)CCCN(C)C)ccc1-c1ccc2c(c1COc1cc([N+](=O)[O-])ccc1C)N(C)C(=O)C(C)(C)N2. The quantitative estimate of drug-likeness (QED) is 0.212. The van der Waals surface area contributed by atoms with Crippen molar-refractivity contribution in [2.24, 2.45) is 0 Å². The van der Waals surface area contributed by atoms with Gasteiger partial charge >= 0.3 is 6.09 Å². The van der Waals surface area contributed by atoms with Crippen LogP contribution in [-0.2, 0) is 11.4 Å².